The number of carbonyl (C=O) groups is 1. The minimum absolute atomic E-state index is 0.101. The van der Waals surface area contributed by atoms with E-state index in [-0.39, 0.29) is 23.6 Å². The van der Waals surface area contributed by atoms with Crippen molar-refractivity contribution in [3.63, 3.8) is 0 Å². The molecule has 1 aromatic rings. The molecule has 0 spiro atoms. The number of halogens is 1. The third-order valence-electron chi connectivity index (χ3n) is 3.92. The summed E-state index contributed by atoms with van der Waals surface area (Å²) in [6.45, 7) is 1.07. The molecule has 102 valence electrons. The van der Waals surface area contributed by atoms with Gasteiger partial charge in [0.05, 0.1) is 24.3 Å². The minimum Gasteiger partial charge on any atom is -0.374 e. The summed E-state index contributed by atoms with van der Waals surface area (Å²) in [4.78, 5) is 14.9. The van der Waals surface area contributed by atoms with Crippen LogP contribution in [0.2, 0.25) is 0 Å². The monoisotopic (exact) mass is 281 g/mol. The number of morpholine rings is 1. The molecule has 0 N–H and O–H groups in total. The van der Waals surface area contributed by atoms with Gasteiger partial charge in [-0.1, -0.05) is 0 Å². The highest BCUT2D eigenvalue weighted by Crippen LogP contribution is 2.31. The molecule has 5 heteroatoms. The van der Waals surface area contributed by atoms with Crippen LogP contribution >= 0.6 is 12.6 Å². The number of amides is 1. The van der Waals surface area contributed by atoms with Gasteiger partial charge in [0.1, 0.15) is 5.82 Å². The van der Waals surface area contributed by atoms with E-state index >= 15 is 0 Å². The maximum Gasteiger partial charge on any atom is 0.257 e. The number of carbonyl (C=O) groups excluding carboxylic acids is 1. The van der Waals surface area contributed by atoms with E-state index in [2.05, 4.69) is 12.6 Å². The van der Waals surface area contributed by atoms with Gasteiger partial charge in [0.15, 0.2) is 0 Å². The predicted molar refractivity (Wildman–Crippen MR) is 72.1 cm³/mol. The summed E-state index contributed by atoms with van der Waals surface area (Å²) in [5.74, 6) is -0.725. The topological polar surface area (TPSA) is 29.5 Å². The molecule has 19 heavy (non-hydrogen) atoms. The third kappa shape index (κ3) is 2.37. The van der Waals surface area contributed by atoms with Crippen LogP contribution in [0.4, 0.5) is 4.39 Å². The molecule has 2 atom stereocenters. The lowest BCUT2D eigenvalue weighted by Gasteiger charge is -2.37. The minimum atomic E-state index is -0.483. The zero-order valence-electron chi connectivity index (χ0n) is 10.5. The van der Waals surface area contributed by atoms with Gasteiger partial charge in [0.2, 0.25) is 0 Å². The Bertz CT molecular complexity index is 508. The Morgan fingerprint density at radius 3 is 3.11 bits per heavy atom. The molecule has 1 amide bonds. The number of fused-ring (bicyclic) bond motifs is 1. The molecule has 2 fully saturated rings. The molecule has 1 aromatic carbocycles. The molecule has 2 aliphatic rings. The van der Waals surface area contributed by atoms with Gasteiger partial charge < -0.3 is 9.64 Å². The van der Waals surface area contributed by atoms with Crippen molar-refractivity contribution in [1.29, 1.82) is 0 Å². The molecule has 0 radical (unpaired) electrons. The first kappa shape index (κ1) is 12.9. The Morgan fingerprint density at radius 1 is 1.42 bits per heavy atom. The lowest BCUT2D eigenvalue weighted by atomic mass is 10.1. The summed E-state index contributed by atoms with van der Waals surface area (Å²) in [6, 6.07) is 4.44. The van der Waals surface area contributed by atoms with Gasteiger partial charge in [-0.05, 0) is 37.5 Å². The van der Waals surface area contributed by atoms with E-state index in [9.17, 15) is 9.18 Å². The molecule has 0 bridgehead atoms. The summed E-state index contributed by atoms with van der Waals surface area (Å²) in [7, 11) is 0. The van der Waals surface area contributed by atoms with Crippen molar-refractivity contribution in [2.75, 3.05) is 13.2 Å². The van der Waals surface area contributed by atoms with Gasteiger partial charge >= 0.3 is 0 Å². The van der Waals surface area contributed by atoms with E-state index in [0.29, 0.717) is 18.0 Å². The largest absolute Gasteiger partial charge is 0.374 e. The lowest BCUT2D eigenvalue weighted by molar-refractivity contribution is -0.0446. The lowest BCUT2D eigenvalue weighted by Crippen LogP contribution is -2.51. The van der Waals surface area contributed by atoms with Crippen LogP contribution in [-0.2, 0) is 4.74 Å². The van der Waals surface area contributed by atoms with Crippen LogP contribution < -0.4 is 0 Å². The number of ether oxygens (including phenoxy) is 1. The van der Waals surface area contributed by atoms with Crippen molar-refractivity contribution in [3.8, 4) is 0 Å². The summed E-state index contributed by atoms with van der Waals surface area (Å²) < 4.78 is 19.5. The molecule has 1 heterocycles. The van der Waals surface area contributed by atoms with Crippen molar-refractivity contribution < 1.29 is 13.9 Å². The quantitative estimate of drug-likeness (QED) is 0.802. The highest BCUT2D eigenvalue weighted by Gasteiger charge is 2.39. The second-order valence-corrected chi connectivity index (χ2v) is 5.59. The number of hydrogen-bond donors (Lipinski definition) is 1. The zero-order valence-corrected chi connectivity index (χ0v) is 11.4. The van der Waals surface area contributed by atoms with Gasteiger partial charge in [-0.2, -0.15) is 0 Å². The molecule has 0 aromatic heterocycles. The van der Waals surface area contributed by atoms with Crippen molar-refractivity contribution in [1.82, 2.24) is 4.90 Å². The van der Waals surface area contributed by atoms with E-state index < -0.39 is 5.82 Å². The first-order chi connectivity index (χ1) is 9.16. The fraction of sp³-hybridized carbons (Fsp3) is 0.500. The highest BCUT2D eigenvalue weighted by atomic mass is 32.1. The molecule has 1 saturated carbocycles. The van der Waals surface area contributed by atoms with Crippen LogP contribution in [0, 0.1) is 5.82 Å². The molecule has 1 aliphatic carbocycles. The molecule has 2 unspecified atom stereocenters. The number of thiol groups is 1. The van der Waals surface area contributed by atoms with E-state index in [1.54, 1.807) is 11.0 Å². The van der Waals surface area contributed by atoms with Crippen molar-refractivity contribution in [2.24, 2.45) is 0 Å². The molecule has 1 aliphatic heterocycles. The van der Waals surface area contributed by atoms with Crippen LogP contribution in [-0.4, -0.2) is 36.1 Å². The van der Waals surface area contributed by atoms with Crippen LogP contribution in [0.1, 0.15) is 29.6 Å². The standard InChI is InChI=1S/C14H16FNO2S/c15-11-5-4-9(19)8-10(11)14(17)16-6-7-18-13-3-1-2-12(13)16/h4-5,8,12-13,19H,1-3,6-7H2. The summed E-state index contributed by atoms with van der Waals surface area (Å²) in [6.07, 6.45) is 3.12. The number of nitrogens with zero attached hydrogens (tertiary/aromatic N) is 1. The maximum atomic E-state index is 13.8. The van der Waals surface area contributed by atoms with Crippen molar-refractivity contribution in [3.05, 3.63) is 29.6 Å². The van der Waals surface area contributed by atoms with Gasteiger partial charge in [-0.15, -0.1) is 12.6 Å². The maximum absolute atomic E-state index is 13.8. The molecular weight excluding hydrogens is 265 g/mol. The van der Waals surface area contributed by atoms with E-state index in [0.717, 1.165) is 19.3 Å². The van der Waals surface area contributed by atoms with Gasteiger partial charge in [0, 0.05) is 11.4 Å². The molecule has 3 nitrogen and oxygen atoms in total. The Kier molecular flexibility index (Phi) is 3.50. The smallest absolute Gasteiger partial charge is 0.257 e. The average Bonchev–Trinajstić information content (AvgIpc) is 2.89. The fourth-order valence-corrected chi connectivity index (χ4v) is 3.21. The summed E-state index contributed by atoms with van der Waals surface area (Å²) in [5.41, 5.74) is 0.111. The van der Waals surface area contributed by atoms with Crippen LogP contribution in [0.25, 0.3) is 0 Å². The van der Waals surface area contributed by atoms with Gasteiger partial charge in [-0.25, -0.2) is 4.39 Å². The summed E-state index contributed by atoms with van der Waals surface area (Å²) in [5, 5.41) is 0. The molecule has 3 rings (SSSR count). The SMILES string of the molecule is O=C(c1cc(S)ccc1F)N1CCOC2CCCC21. The zero-order chi connectivity index (χ0) is 13.4. The predicted octanol–water partition coefficient (Wildman–Crippen LogP) is 2.51. The Morgan fingerprint density at radius 2 is 2.26 bits per heavy atom. The Hall–Kier alpha value is -1.07. The van der Waals surface area contributed by atoms with Gasteiger partial charge in [0.25, 0.3) is 5.91 Å². The van der Waals surface area contributed by atoms with Crippen LogP contribution in [0.3, 0.4) is 0 Å². The average molecular weight is 281 g/mol. The summed E-state index contributed by atoms with van der Waals surface area (Å²) >= 11 is 4.17. The van der Waals surface area contributed by atoms with E-state index in [1.165, 1.54) is 12.1 Å². The van der Waals surface area contributed by atoms with Crippen LogP contribution in [0.5, 0.6) is 0 Å². The first-order valence-electron chi connectivity index (χ1n) is 6.58. The fourth-order valence-electron chi connectivity index (χ4n) is 3.01. The highest BCUT2D eigenvalue weighted by molar-refractivity contribution is 7.80. The van der Waals surface area contributed by atoms with Crippen molar-refractivity contribution in [2.45, 2.75) is 36.3 Å². The second kappa shape index (κ2) is 5.13. The van der Waals surface area contributed by atoms with E-state index in [4.69, 9.17) is 4.74 Å². The van der Waals surface area contributed by atoms with Gasteiger partial charge in [-0.3, -0.25) is 4.79 Å². The third-order valence-corrected chi connectivity index (χ3v) is 4.20. The second-order valence-electron chi connectivity index (χ2n) is 5.07. The van der Waals surface area contributed by atoms with E-state index in [1.807, 2.05) is 0 Å². The molecular formula is C14H16FNO2S. The Balaban J connectivity index is 1.88. The number of hydrogen-bond acceptors (Lipinski definition) is 3. The first-order valence-corrected chi connectivity index (χ1v) is 7.02. The normalized spacial score (nSPS) is 26.3. The Labute approximate surface area is 117 Å². The number of rotatable bonds is 1. The van der Waals surface area contributed by atoms with Crippen LogP contribution in [0.15, 0.2) is 23.1 Å². The molecule has 1 saturated heterocycles. The van der Waals surface area contributed by atoms with Crippen molar-refractivity contribution >= 4 is 18.5 Å². The number of benzene rings is 1.